The van der Waals surface area contributed by atoms with E-state index in [4.69, 9.17) is 5.11 Å². The van der Waals surface area contributed by atoms with Crippen LogP contribution in [0.3, 0.4) is 0 Å². The lowest BCUT2D eigenvalue weighted by Crippen LogP contribution is -2.34. The fourth-order valence-corrected chi connectivity index (χ4v) is 1.75. The smallest absolute Gasteiger partial charge is 0.319 e. The van der Waals surface area contributed by atoms with Gasteiger partial charge in [-0.05, 0) is 18.2 Å². The monoisotopic (exact) mass is 291 g/mol. The number of aliphatic carboxylic acids is 1. The molecule has 8 heteroatoms. The fourth-order valence-electron chi connectivity index (χ4n) is 1.75. The Labute approximate surface area is 119 Å². The highest BCUT2D eigenvalue weighted by atomic mass is 16.4. The van der Waals surface area contributed by atoms with Crippen LogP contribution >= 0.6 is 0 Å². The number of carboxylic acids is 1. The summed E-state index contributed by atoms with van der Waals surface area (Å²) in [5.41, 5.74) is 0.779. The number of nitrogens with one attached hydrogen (secondary N) is 3. The molecule has 2 rings (SSSR count). The van der Waals surface area contributed by atoms with Gasteiger partial charge in [0.05, 0.1) is 17.0 Å². The van der Waals surface area contributed by atoms with E-state index in [1.54, 1.807) is 0 Å². The van der Waals surface area contributed by atoms with Gasteiger partial charge in [-0.25, -0.2) is 4.79 Å². The molecule has 110 valence electrons. The van der Waals surface area contributed by atoms with E-state index < -0.39 is 29.7 Å². The van der Waals surface area contributed by atoms with Gasteiger partial charge in [0.2, 0.25) is 0 Å². The SMILES string of the molecule is CC(CNC(=O)Nc1ccc2c(c1)C(=O)NC2=O)C(=O)O. The van der Waals surface area contributed by atoms with Gasteiger partial charge in [0.25, 0.3) is 11.8 Å². The Kier molecular flexibility index (Phi) is 3.88. The van der Waals surface area contributed by atoms with E-state index >= 15 is 0 Å². The van der Waals surface area contributed by atoms with Crippen LogP contribution in [0.1, 0.15) is 27.6 Å². The molecule has 1 heterocycles. The fraction of sp³-hybridized carbons (Fsp3) is 0.231. The van der Waals surface area contributed by atoms with E-state index in [0.29, 0.717) is 5.69 Å². The molecule has 0 aromatic heterocycles. The lowest BCUT2D eigenvalue weighted by Gasteiger charge is -2.10. The van der Waals surface area contributed by atoms with E-state index in [2.05, 4.69) is 16.0 Å². The van der Waals surface area contributed by atoms with Gasteiger partial charge in [0.1, 0.15) is 0 Å². The molecule has 1 atom stereocenters. The number of carbonyl (C=O) groups is 4. The Morgan fingerprint density at radius 3 is 2.57 bits per heavy atom. The Hall–Kier alpha value is -2.90. The molecular weight excluding hydrogens is 278 g/mol. The van der Waals surface area contributed by atoms with Crippen LogP contribution in [-0.4, -0.2) is 35.5 Å². The molecule has 0 bridgehead atoms. The first kappa shape index (κ1) is 14.5. The first-order valence-electron chi connectivity index (χ1n) is 6.16. The second-order valence-electron chi connectivity index (χ2n) is 4.62. The van der Waals surface area contributed by atoms with Crippen LogP contribution in [0.4, 0.5) is 10.5 Å². The Morgan fingerprint density at radius 2 is 1.90 bits per heavy atom. The summed E-state index contributed by atoms with van der Waals surface area (Å²) in [4.78, 5) is 45.1. The number of benzene rings is 1. The van der Waals surface area contributed by atoms with Gasteiger partial charge in [0.15, 0.2) is 0 Å². The van der Waals surface area contributed by atoms with E-state index in [9.17, 15) is 19.2 Å². The maximum absolute atomic E-state index is 11.6. The molecule has 8 nitrogen and oxygen atoms in total. The number of hydrogen-bond donors (Lipinski definition) is 4. The number of fused-ring (bicyclic) bond motifs is 1. The third kappa shape index (κ3) is 3.16. The number of imide groups is 1. The van der Waals surface area contributed by atoms with Crippen molar-refractivity contribution in [3.05, 3.63) is 29.3 Å². The molecule has 0 fully saturated rings. The van der Waals surface area contributed by atoms with Crippen LogP contribution in [0.15, 0.2) is 18.2 Å². The first-order valence-corrected chi connectivity index (χ1v) is 6.16. The highest BCUT2D eigenvalue weighted by molar-refractivity contribution is 6.22. The highest BCUT2D eigenvalue weighted by Crippen LogP contribution is 2.20. The summed E-state index contributed by atoms with van der Waals surface area (Å²) in [5.74, 6) is -2.71. The van der Waals surface area contributed by atoms with Crippen LogP contribution < -0.4 is 16.0 Å². The standard InChI is InChI=1S/C13H13N3O5/c1-6(12(19)20)5-14-13(21)15-7-2-3-8-9(4-7)11(18)16-10(8)17/h2-4,6H,5H2,1H3,(H,19,20)(H2,14,15,21)(H,16,17,18). The molecule has 1 aromatic rings. The zero-order valence-electron chi connectivity index (χ0n) is 11.1. The molecular formula is C13H13N3O5. The van der Waals surface area contributed by atoms with E-state index in [0.717, 1.165) is 0 Å². The number of urea groups is 1. The van der Waals surface area contributed by atoms with Crippen LogP contribution in [0, 0.1) is 5.92 Å². The van der Waals surface area contributed by atoms with Crippen molar-refractivity contribution in [2.75, 3.05) is 11.9 Å². The van der Waals surface area contributed by atoms with Crippen LogP contribution in [0.25, 0.3) is 0 Å². The van der Waals surface area contributed by atoms with Crippen molar-refractivity contribution < 1.29 is 24.3 Å². The molecule has 0 saturated carbocycles. The Bertz CT molecular complexity index is 641. The largest absolute Gasteiger partial charge is 0.481 e. The number of amides is 4. The summed E-state index contributed by atoms with van der Waals surface area (Å²) >= 11 is 0. The van der Waals surface area contributed by atoms with Crippen molar-refractivity contribution in [3.63, 3.8) is 0 Å². The van der Waals surface area contributed by atoms with Crippen molar-refractivity contribution in [1.82, 2.24) is 10.6 Å². The van der Waals surface area contributed by atoms with Crippen LogP contribution in [0.5, 0.6) is 0 Å². The van der Waals surface area contributed by atoms with Gasteiger partial charge in [-0.1, -0.05) is 6.92 Å². The summed E-state index contributed by atoms with van der Waals surface area (Å²) in [5, 5.41) is 15.7. The van der Waals surface area contributed by atoms with Crippen molar-refractivity contribution in [3.8, 4) is 0 Å². The predicted octanol–water partition coefficient (Wildman–Crippen LogP) is 0.412. The Balaban J connectivity index is 1.99. The second-order valence-corrected chi connectivity index (χ2v) is 4.62. The van der Waals surface area contributed by atoms with Gasteiger partial charge in [-0.2, -0.15) is 0 Å². The molecule has 0 aliphatic carbocycles. The minimum absolute atomic E-state index is 0.0227. The first-order chi connectivity index (χ1) is 9.88. The highest BCUT2D eigenvalue weighted by Gasteiger charge is 2.26. The number of carbonyl (C=O) groups excluding carboxylic acids is 3. The predicted molar refractivity (Wildman–Crippen MR) is 72.1 cm³/mol. The van der Waals surface area contributed by atoms with Crippen molar-refractivity contribution in [2.45, 2.75) is 6.92 Å². The molecule has 0 radical (unpaired) electrons. The molecule has 0 spiro atoms. The van der Waals surface area contributed by atoms with E-state index in [1.165, 1.54) is 25.1 Å². The summed E-state index contributed by atoms with van der Waals surface area (Å²) in [6, 6.07) is 3.71. The third-order valence-corrected chi connectivity index (χ3v) is 2.98. The average molecular weight is 291 g/mol. The molecule has 4 amide bonds. The van der Waals surface area contributed by atoms with Gasteiger partial charge in [0, 0.05) is 12.2 Å². The van der Waals surface area contributed by atoms with Gasteiger partial charge in [-0.3, -0.25) is 19.7 Å². The molecule has 1 aliphatic rings. The number of carboxylic acid groups (broad SMARTS) is 1. The maximum atomic E-state index is 11.6. The number of hydrogen-bond acceptors (Lipinski definition) is 4. The van der Waals surface area contributed by atoms with Gasteiger partial charge in [-0.15, -0.1) is 0 Å². The Morgan fingerprint density at radius 1 is 1.24 bits per heavy atom. The minimum atomic E-state index is -1.01. The molecule has 21 heavy (non-hydrogen) atoms. The summed E-state index contributed by atoms with van der Waals surface area (Å²) < 4.78 is 0. The molecule has 1 aromatic carbocycles. The minimum Gasteiger partial charge on any atom is -0.481 e. The zero-order chi connectivity index (χ0) is 15.6. The number of rotatable bonds is 4. The normalized spacial score (nSPS) is 14.1. The molecule has 1 unspecified atom stereocenters. The van der Waals surface area contributed by atoms with Crippen molar-refractivity contribution in [2.24, 2.45) is 5.92 Å². The van der Waals surface area contributed by atoms with Crippen LogP contribution in [-0.2, 0) is 4.79 Å². The lowest BCUT2D eigenvalue weighted by molar-refractivity contribution is -0.140. The van der Waals surface area contributed by atoms with Crippen LogP contribution in [0.2, 0.25) is 0 Å². The summed E-state index contributed by atoms with van der Waals surface area (Å²) in [7, 11) is 0. The lowest BCUT2D eigenvalue weighted by atomic mass is 10.1. The average Bonchev–Trinajstić information content (AvgIpc) is 2.71. The summed E-state index contributed by atoms with van der Waals surface area (Å²) in [6.45, 7) is 1.44. The van der Waals surface area contributed by atoms with Gasteiger partial charge < -0.3 is 15.7 Å². The third-order valence-electron chi connectivity index (χ3n) is 2.98. The van der Waals surface area contributed by atoms with Crippen molar-refractivity contribution >= 4 is 29.5 Å². The zero-order valence-corrected chi connectivity index (χ0v) is 11.1. The maximum Gasteiger partial charge on any atom is 0.319 e. The van der Waals surface area contributed by atoms with E-state index in [1.807, 2.05) is 0 Å². The summed E-state index contributed by atoms with van der Waals surface area (Å²) in [6.07, 6.45) is 0. The second kappa shape index (κ2) is 5.61. The number of anilines is 1. The van der Waals surface area contributed by atoms with Gasteiger partial charge >= 0.3 is 12.0 Å². The van der Waals surface area contributed by atoms with E-state index in [-0.39, 0.29) is 17.7 Å². The topological polar surface area (TPSA) is 125 Å². The molecule has 0 saturated heterocycles. The molecule has 4 N–H and O–H groups in total. The van der Waals surface area contributed by atoms with Crippen molar-refractivity contribution in [1.29, 1.82) is 0 Å². The molecule has 1 aliphatic heterocycles. The quantitative estimate of drug-likeness (QED) is 0.598.